The van der Waals surface area contributed by atoms with Crippen LogP contribution in [0.2, 0.25) is 0 Å². The lowest BCUT2D eigenvalue weighted by Gasteiger charge is -2.12. The Hall–Kier alpha value is -1.12. The highest BCUT2D eigenvalue weighted by Gasteiger charge is 1.98. The molecule has 0 N–H and O–H groups in total. The predicted octanol–water partition coefficient (Wildman–Crippen LogP) is 0.391. The molecule has 0 aliphatic carbocycles. The Morgan fingerprint density at radius 2 is 2.67 bits per heavy atom. The summed E-state index contributed by atoms with van der Waals surface area (Å²) in [5.74, 6) is 0. The molecule has 0 radical (unpaired) electrons. The highest BCUT2D eigenvalue weighted by molar-refractivity contribution is 5.93. The van der Waals surface area contributed by atoms with Crippen LogP contribution in [-0.2, 0) is 4.79 Å². The summed E-state index contributed by atoms with van der Waals surface area (Å²) in [6, 6.07) is 0. The molecule has 1 heterocycles. The summed E-state index contributed by atoms with van der Waals surface area (Å²) >= 11 is 0. The number of allylic oxidation sites excluding steroid dienone is 1. The standard InChI is InChI=1S/C6H8N2O/c1-6-2-3-8(5-9)4-7-6/h2-3,5H,4H2,1H3. The molecule has 0 saturated carbocycles. The van der Waals surface area contributed by atoms with Gasteiger partial charge in [-0.3, -0.25) is 9.79 Å². The normalized spacial score (nSPS) is 17.4. The molecule has 0 saturated heterocycles. The van der Waals surface area contributed by atoms with E-state index in [1.165, 1.54) is 4.90 Å². The van der Waals surface area contributed by atoms with Crippen molar-refractivity contribution in [1.29, 1.82) is 0 Å². The van der Waals surface area contributed by atoms with E-state index in [9.17, 15) is 4.79 Å². The largest absolute Gasteiger partial charge is 0.302 e. The zero-order chi connectivity index (χ0) is 6.69. The maximum atomic E-state index is 10.1. The van der Waals surface area contributed by atoms with Crippen molar-refractivity contribution in [3.63, 3.8) is 0 Å². The molecule has 0 unspecified atom stereocenters. The first-order chi connectivity index (χ1) is 4.33. The third-order valence-corrected chi connectivity index (χ3v) is 1.13. The van der Waals surface area contributed by atoms with Gasteiger partial charge in [-0.2, -0.15) is 0 Å². The molecule has 0 fully saturated rings. The van der Waals surface area contributed by atoms with Gasteiger partial charge in [0, 0.05) is 11.9 Å². The van der Waals surface area contributed by atoms with Crippen LogP contribution in [0.5, 0.6) is 0 Å². The second-order valence-electron chi connectivity index (χ2n) is 1.88. The van der Waals surface area contributed by atoms with Gasteiger partial charge >= 0.3 is 0 Å². The summed E-state index contributed by atoms with van der Waals surface area (Å²) in [6.45, 7) is 2.37. The lowest BCUT2D eigenvalue weighted by atomic mass is 10.4. The van der Waals surface area contributed by atoms with E-state index < -0.39 is 0 Å². The first-order valence-corrected chi connectivity index (χ1v) is 2.73. The van der Waals surface area contributed by atoms with Crippen LogP contribution in [-0.4, -0.2) is 23.7 Å². The molecule has 3 nitrogen and oxygen atoms in total. The highest BCUT2D eigenvalue weighted by Crippen LogP contribution is 1.94. The summed E-state index contributed by atoms with van der Waals surface area (Å²) in [4.78, 5) is 15.6. The van der Waals surface area contributed by atoms with E-state index in [4.69, 9.17) is 0 Å². The van der Waals surface area contributed by atoms with Gasteiger partial charge in [0.2, 0.25) is 6.41 Å². The molecular formula is C6H8N2O. The van der Waals surface area contributed by atoms with Crippen LogP contribution in [0.15, 0.2) is 17.3 Å². The number of aliphatic imine (C=N–C) groups is 1. The lowest BCUT2D eigenvalue weighted by Crippen LogP contribution is -2.18. The molecule has 1 aliphatic heterocycles. The smallest absolute Gasteiger partial charge is 0.215 e. The fourth-order valence-electron chi connectivity index (χ4n) is 0.565. The van der Waals surface area contributed by atoms with Crippen LogP contribution in [0.3, 0.4) is 0 Å². The maximum Gasteiger partial charge on any atom is 0.215 e. The van der Waals surface area contributed by atoms with Gasteiger partial charge in [0.25, 0.3) is 0 Å². The summed E-state index contributed by atoms with van der Waals surface area (Å²) in [5.41, 5.74) is 0.966. The molecule has 0 aromatic heterocycles. The molecule has 0 atom stereocenters. The summed E-state index contributed by atoms with van der Waals surface area (Å²) in [6.07, 6.45) is 4.28. The van der Waals surface area contributed by atoms with Crippen molar-refractivity contribution in [2.24, 2.45) is 4.99 Å². The fraction of sp³-hybridized carbons (Fsp3) is 0.333. The Kier molecular flexibility index (Phi) is 1.63. The quantitative estimate of drug-likeness (QED) is 0.465. The van der Waals surface area contributed by atoms with Crippen molar-refractivity contribution in [2.75, 3.05) is 6.67 Å². The second kappa shape index (κ2) is 2.44. The SMILES string of the molecule is CC1=NCN(C=O)C=C1. The molecule has 0 bridgehead atoms. The van der Waals surface area contributed by atoms with Gasteiger partial charge in [0.1, 0.15) is 6.67 Å². The van der Waals surface area contributed by atoms with Crippen molar-refractivity contribution in [2.45, 2.75) is 6.92 Å². The minimum atomic E-state index is 0.464. The highest BCUT2D eigenvalue weighted by atomic mass is 16.1. The number of carbonyl (C=O) groups excluding carboxylic acids is 1. The molecular weight excluding hydrogens is 116 g/mol. The molecule has 48 valence electrons. The van der Waals surface area contributed by atoms with E-state index in [0.29, 0.717) is 6.67 Å². The van der Waals surface area contributed by atoms with Gasteiger partial charge in [0.05, 0.1) is 0 Å². The number of hydrogen-bond donors (Lipinski definition) is 0. The van der Waals surface area contributed by atoms with Crippen LogP contribution in [0.4, 0.5) is 0 Å². The number of amides is 1. The number of hydrogen-bond acceptors (Lipinski definition) is 2. The van der Waals surface area contributed by atoms with E-state index in [1.807, 2.05) is 6.92 Å². The monoisotopic (exact) mass is 124 g/mol. The Balaban J connectivity index is 2.58. The Labute approximate surface area is 53.7 Å². The predicted molar refractivity (Wildman–Crippen MR) is 35.0 cm³/mol. The van der Waals surface area contributed by atoms with Crippen LogP contribution < -0.4 is 0 Å². The second-order valence-corrected chi connectivity index (χ2v) is 1.88. The third kappa shape index (κ3) is 1.38. The topological polar surface area (TPSA) is 32.7 Å². The van der Waals surface area contributed by atoms with E-state index in [-0.39, 0.29) is 0 Å². The van der Waals surface area contributed by atoms with Gasteiger partial charge in [-0.1, -0.05) is 0 Å². The molecule has 3 heteroatoms. The Bertz CT molecular complexity index is 172. The molecule has 9 heavy (non-hydrogen) atoms. The zero-order valence-corrected chi connectivity index (χ0v) is 5.24. The van der Waals surface area contributed by atoms with Crippen LogP contribution in [0.25, 0.3) is 0 Å². The first-order valence-electron chi connectivity index (χ1n) is 2.73. The minimum Gasteiger partial charge on any atom is -0.302 e. The maximum absolute atomic E-state index is 10.1. The van der Waals surface area contributed by atoms with Crippen molar-refractivity contribution in [1.82, 2.24) is 4.90 Å². The van der Waals surface area contributed by atoms with Gasteiger partial charge < -0.3 is 4.90 Å². The van der Waals surface area contributed by atoms with Crippen LogP contribution in [0, 0.1) is 0 Å². The lowest BCUT2D eigenvalue weighted by molar-refractivity contribution is -0.115. The number of nitrogens with zero attached hydrogens (tertiary/aromatic N) is 2. The van der Waals surface area contributed by atoms with Crippen LogP contribution in [0.1, 0.15) is 6.92 Å². The van der Waals surface area contributed by atoms with Crippen molar-refractivity contribution >= 4 is 12.1 Å². The van der Waals surface area contributed by atoms with E-state index in [0.717, 1.165) is 12.1 Å². The fourth-order valence-corrected chi connectivity index (χ4v) is 0.565. The number of rotatable bonds is 1. The van der Waals surface area contributed by atoms with Gasteiger partial charge in [-0.15, -0.1) is 0 Å². The average Bonchev–Trinajstić information content (AvgIpc) is 1.90. The minimum absolute atomic E-state index is 0.464. The third-order valence-electron chi connectivity index (χ3n) is 1.13. The Morgan fingerprint density at radius 3 is 3.11 bits per heavy atom. The van der Waals surface area contributed by atoms with Crippen molar-refractivity contribution in [3.8, 4) is 0 Å². The molecule has 0 aromatic carbocycles. The van der Waals surface area contributed by atoms with Crippen LogP contribution >= 0.6 is 0 Å². The summed E-state index contributed by atoms with van der Waals surface area (Å²) in [5, 5.41) is 0. The van der Waals surface area contributed by atoms with E-state index >= 15 is 0 Å². The molecule has 0 spiro atoms. The molecule has 1 aliphatic rings. The molecule has 1 amide bonds. The zero-order valence-electron chi connectivity index (χ0n) is 5.24. The molecule has 0 aromatic rings. The average molecular weight is 124 g/mol. The summed E-state index contributed by atoms with van der Waals surface area (Å²) in [7, 11) is 0. The van der Waals surface area contributed by atoms with E-state index in [2.05, 4.69) is 4.99 Å². The van der Waals surface area contributed by atoms with Gasteiger partial charge in [-0.25, -0.2) is 0 Å². The first kappa shape index (κ1) is 6.01. The van der Waals surface area contributed by atoms with Gasteiger partial charge in [-0.05, 0) is 13.0 Å². The Morgan fingerprint density at radius 1 is 1.89 bits per heavy atom. The summed E-state index contributed by atoms with van der Waals surface area (Å²) < 4.78 is 0. The van der Waals surface area contributed by atoms with Crippen molar-refractivity contribution < 1.29 is 4.79 Å². The number of carbonyl (C=O) groups is 1. The van der Waals surface area contributed by atoms with Gasteiger partial charge in [0.15, 0.2) is 0 Å². The van der Waals surface area contributed by atoms with E-state index in [1.54, 1.807) is 12.3 Å². The molecule has 1 rings (SSSR count). The van der Waals surface area contributed by atoms with Crippen molar-refractivity contribution in [3.05, 3.63) is 12.3 Å².